The maximum atomic E-state index is 12.2. The van der Waals surface area contributed by atoms with Gasteiger partial charge in [0, 0.05) is 30.1 Å². The average molecular weight is 433 g/mol. The van der Waals surface area contributed by atoms with Crippen LogP contribution in [-0.2, 0) is 10.5 Å². The van der Waals surface area contributed by atoms with E-state index in [1.807, 2.05) is 48.5 Å². The minimum atomic E-state index is 0.00951. The van der Waals surface area contributed by atoms with Crippen LogP contribution in [0.15, 0.2) is 66.7 Å². The van der Waals surface area contributed by atoms with E-state index in [1.165, 1.54) is 31.2 Å². The normalized spacial score (nSPS) is 14.1. The fraction of sp³-hybridized carbons (Fsp3) is 0.320. The first-order chi connectivity index (χ1) is 15.3. The van der Waals surface area contributed by atoms with Gasteiger partial charge < -0.3 is 10.2 Å². The zero-order valence-electron chi connectivity index (χ0n) is 17.7. The highest BCUT2D eigenvalue weighted by Gasteiger charge is 2.12. The van der Waals surface area contributed by atoms with Gasteiger partial charge in [0.1, 0.15) is 0 Å². The molecule has 0 unspecified atom stereocenters. The van der Waals surface area contributed by atoms with Crippen molar-refractivity contribution in [1.82, 2.24) is 10.2 Å². The van der Waals surface area contributed by atoms with E-state index in [4.69, 9.17) is 0 Å². The molecule has 0 bridgehead atoms. The third kappa shape index (κ3) is 6.31. The van der Waals surface area contributed by atoms with E-state index in [-0.39, 0.29) is 5.91 Å². The number of anilines is 2. The summed E-state index contributed by atoms with van der Waals surface area (Å²) in [6, 6.07) is 22.1. The summed E-state index contributed by atoms with van der Waals surface area (Å²) in [5.41, 5.74) is 3.86. The molecule has 160 valence electrons. The Morgan fingerprint density at radius 2 is 1.61 bits per heavy atom. The number of thioether (sulfide) groups is 1. The minimum Gasteiger partial charge on any atom is -0.355 e. The number of hydrogen-bond acceptors (Lipinski definition) is 5. The quantitative estimate of drug-likeness (QED) is 0.542. The van der Waals surface area contributed by atoms with Crippen LogP contribution in [0.1, 0.15) is 31.2 Å². The number of hydrogen-bond donors (Lipinski definition) is 1. The van der Waals surface area contributed by atoms with Crippen LogP contribution in [0.4, 0.5) is 11.5 Å². The molecule has 1 aliphatic heterocycles. The van der Waals surface area contributed by atoms with Crippen LogP contribution in [0.25, 0.3) is 11.3 Å². The van der Waals surface area contributed by atoms with Crippen molar-refractivity contribution in [3.63, 3.8) is 0 Å². The van der Waals surface area contributed by atoms with Gasteiger partial charge in [-0.05, 0) is 42.7 Å². The zero-order valence-corrected chi connectivity index (χ0v) is 18.5. The maximum Gasteiger partial charge on any atom is 0.234 e. The summed E-state index contributed by atoms with van der Waals surface area (Å²) in [7, 11) is 0. The lowest BCUT2D eigenvalue weighted by Crippen LogP contribution is -2.25. The summed E-state index contributed by atoms with van der Waals surface area (Å²) >= 11 is 1.61. The predicted octanol–water partition coefficient (Wildman–Crippen LogP) is 5.40. The molecular weight excluding hydrogens is 404 g/mol. The van der Waals surface area contributed by atoms with Crippen molar-refractivity contribution in [3.05, 3.63) is 72.3 Å². The van der Waals surface area contributed by atoms with E-state index in [0.29, 0.717) is 5.75 Å². The SMILES string of the molecule is O=C(CSCc1ccccc1)Nc1ccc(-c2ccc(N3CCCCCC3)nn2)cc1. The van der Waals surface area contributed by atoms with Crippen LogP contribution in [0.2, 0.25) is 0 Å². The lowest BCUT2D eigenvalue weighted by atomic mass is 10.1. The lowest BCUT2D eigenvalue weighted by molar-refractivity contribution is -0.113. The molecule has 31 heavy (non-hydrogen) atoms. The highest BCUT2D eigenvalue weighted by Crippen LogP contribution is 2.22. The Bertz CT molecular complexity index is 953. The van der Waals surface area contributed by atoms with E-state index in [2.05, 4.69) is 38.6 Å². The van der Waals surface area contributed by atoms with E-state index < -0.39 is 0 Å². The summed E-state index contributed by atoms with van der Waals surface area (Å²) in [6.07, 6.45) is 5.05. The molecule has 0 radical (unpaired) electrons. The summed E-state index contributed by atoms with van der Waals surface area (Å²) in [6.45, 7) is 2.12. The van der Waals surface area contributed by atoms with E-state index in [1.54, 1.807) is 11.8 Å². The molecule has 1 saturated heterocycles. The van der Waals surface area contributed by atoms with Crippen LogP contribution in [0.5, 0.6) is 0 Å². The molecule has 2 aromatic carbocycles. The highest BCUT2D eigenvalue weighted by molar-refractivity contribution is 7.99. The topological polar surface area (TPSA) is 58.1 Å². The lowest BCUT2D eigenvalue weighted by Gasteiger charge is -2.20. The van der Waals surface area contributed by atoms with E-state index in [9.17, 15) is 4.79 Å². The molecule has 4 rings (SSSR count). The van der Waals surface area contributed by atoms with Crippen LogP contribution in [0, 0.1) is 0 Å². The van der Waals surface area contributed by atoms with Gasteiger partial charge in [-0.3, -0.25) is 4.79 Å². The van der Waals surface area contributed by atoms with Crippen molar-refractivity contribution in [2.24, 2.45) is 0 Å². The largest absolute Gasteiger partial charge is 0.355 e. The van der Waals surface area contributed by atoms with Crippen molar-refractivity contribution in [2.45, 2.75) is 31.4 Å². The monoisotopic (exact) mass is 432 g/mol. The van der Waals surface area contributed by atoms with Crippen LogP contribution < -0.4 is 10.2 Å². The molecule has 5 nitrogen and oxygen atoms in total. The first-order valence-electron chi connectivity index (χ1n) is 10.9. The van der Waals surface area contributed by atoms with Gasteiger partial charge in [0.25, 0.3) is 0 Å². The van der Waals surface area contributed by atoms with Crippen molar-refractivity contribution >= 4 is 29.2 Å². The van der Waals surface area contributed by atoms with Crippen molar-refractivity contribution in [1.29, 1.82) is 0 Å². The predicted molar refractivity (Wildman–Crippen MR) is 129 cm³/mol. The molecule has 0 aliphatic carbocycles. The zero-order chi connectivity index (χ0) is 21.3. The molecule has 1 amide bonds. The third-order valence-corrected chi connectivity index (χ3v) is 6.39. The number of aromatic nitrogens is 2. The highest BCUT2D eigenvalue weighted by atomic mass is 32.2. The van der Waals surface area contributed by atoms with Crippen LogP contribution in [0.3, 0.4) is 0 Å². The van der Waals surface area contributed by atoms with Gasteiger partial charge in [0.05, 0.1) is 11.4 Å². The molecule has 1 fully saturated rings. The van der Waals surface area contributed by atoms with Gasteiger partial charge in [-0.15, -0.1) is 22.0 Å². The fourth-order valence-corrected chi connectivity index (χ4v) is 4.49. The minimum absolute atomic E-state index is 0.00951. The molecule has 1 N–H and O–H groups in total. The smallest absolute Gasteiger partial charge is 0.234 e. The molecule has 6 heteroatoms. The molecule has 0 saturated carbocycles. The Morgan fingerprint density at radius 3 is 2.29 bits per heavy atom. The standard InChI is InChI=1S/C25H28N4OS/c30-25(19-31-18-20-8-4-3-5-9-20)26-22-12-10-21(11-13-22)23-14-15-24(28-27-23)29-16-6-1-2-7-17-29/h3-5,8-15H,1-2,6-7,16-19H2,(H,26,30). The first-order valence-corrected chi connectivity index (χ1v) is 12.0. The number of nitrogens with zero attached hydrogens (tertiary/aromatic N) is 3. The molecule has 0 spiro atoms. The van der Waals surface area contributed by atoms with Crippen LogP contribution >= 0.6 is 11.8 Å². The number of carbonyl (C=O) groups excluding carboxylic acids is 1. The fourth-order valence-electron chi connectivity index (χ4n) is 3.70. The summed E-state index contributed by atoms with van der Waals surface area (Å²) < 4.78 is 0. The van der Waals surface area contributed by atoms with Crippen molar-refractivity contribution in [2.75, 3.05) is 29.1 Å². The average Bonchev–Trinajstić information content (AvgIpc) is 3.10. The maximum absolute atomic E-state index is 12.2. The Morgan fingerprint density at radius 1 is 0.871 bits per heavy atom. The number of benzene rings is 2. The summed E-state index contributed by atoms with van der Waals surface area (Å²) in [4.78, 5) is 14.5. The third-order valence-electron chi connectivity index (χ3n) is 5.39. The van der Waals surface area contributed by atoms with Gasteiger partial charge >= 0.3 is 0 Å². The molecule has 0 atom stereocenters. The Labute approximate surface area is 188 Å². The molecule has 3 aromatic rings. The number of amides is 1. The van der Waals surface area contributed by atoms with E-state index >= 15 is 0 Å². The second-order valence-electron chi connectivity index (χ2n) is 7.78. The van der Waals surface area contributed by atoms with Gasteiger partial charge in [0.2, 0.25) is 5.91 Å². The van der Waals surface area contributed by atoms with E-state index in [0.717, 1.165) is 41.6 Å². The molecule has 1 aromatic heterocycles. The number of carbonyl (C=O) groups is 1. The second-order valence-corrected chi connectivity index (χ2v) is 8.77. The number of nitrogens with one attached hydrogen (secondary N) is 1. The Kier molecular flexibility index (Phi) is 7.56. The van der Waals surface area contributed by atoms with Gasteiger partial charge in [-0.1, -0.05) is 55.3 Å². The molecule has 1 aliphatic rings. The Balaban J connectivity index is 1.28. The van der Waals surface area contributed by atoms with Gasteiger partial charge in [0.15, 0.2) is 5.82 Å². The van der Waals surface area contributed by atoms with Crippen LogP contribution in [-0.4, -0.2) is 34.9 Å². The number of rotatable bonds is 7. The molecule has 2 heterocycles. The van der Waals surface area contributed by atoms with Crippen molar-refractivity contribution < 1.29 is 4.79 Å². The van der Waals surface area contributed by atoms with Crippen molar-refractivity contribution in [3.8, 4) is 11.3 Å². The van der Waals surface area contributed by atoms with Gasteiger partial charge in [-0.2, -0.15) is 0 Å². The first kappa shape index (κ1) is 21.4. The molecular formula is C25H28N4OS. The Hall–Kier alpha value is -2.86. The second kappa shape index (κ2) is 11.0. The van der Waals surface area contributed by atoms with Gasteiger partial charge in [-0.25, -0.2) is 0 Å². The summed E-state index contributed by atoms with van der Waals surface area (Å²) in [5.74, 6) is 2.23. The summed E-state index contributed by atoms with van der Waals surface area (Å²) in [5, 5.41) is 11.8.